The number of hydrogen-bond donors (Lipinski definition) is 0. The maximum absolute atomic E-state index is 12.8. The van der Waals surface area contributed by atoms with Crippen molar-refractivity contribution in [2.24, 2.45) is 0 Å². The van der Waals surface area contributed by atoms with Crippen molar-refractivity contribution < 1.29 is 28.6 Å². The predicted octanol–water partition coefficient (Wildman–Crippen LogP) is 18.3. The Morgan fingerprint density at radius 1 is 0.302 bits per heavy atom. The molecule has 0 aromatic carbocycles. The maximum atomic E-state index is 12.8. The molecular weight excluding hydrogens is 781 g/mol. The second kappa shape index (κ2) is 52.5. The van der Waals surface area contributed by atoms with Gasteiger partial charge in [0, 0.05) is 19.3 Å². The zero-order chi connectivity index (χ0) is 45.8. The number of esters is 3. The summed E-state index contributed by atoms with van der Waals surface area (Å²) < 4.78 is 16.8. The van der Waals surface area contributed by atoms with Crippen molar-refractivity contribution >= 4 is 17.9 Å². The van der Waals surface area contributed by atoms with Gasteiger partial charge in [-0.15, -0.1) is 0 Å². The van der Waals surface area contributed by atoms with E-state index in [-0.39, 0.29) is 31.1 Å². The first-order valence-corrected chi connectivity index (χ1v) is 27.8. The maximum Gasteiger partial charge on any atom is 0.306 e. The smallest absolute Gasteiger partial charge is 0.306 e. The minimum atomic E-state index is -0.776. The van der Waals surface area contributed by atoms with Crippen LogP contribution in [-0.2, 0) is 28.6 Å². The van der Waals surface area contributed by atoms with Crippen LogP contribution in [0.25, 0.3) is 0 Å². The first-order chi connectivity index (χ1) is 31.0. The second-order valence-corrected chi connectivity index (χ2v) is 18.8. The Hall–Kier alpha value is -2.11. The van der Waals surface area contributed by atoms with Crippen LogP contribution in [0.3, 0.4) is 0 Å². The summed E-state index contributed by atoms with van der Waals surface area (Å²) in [5, 5.41) is 0. The molecule has 6 heteroatoms. The largest absolute Gasteiger partial charge is 0.462 e. The van der Waals surface area contributed by atoms with Crippen LogP contribution < -0.4 is 0 Å². The Morgan fingerprint density at radius 2 is 0.524 bits per heavy atom. The molecule has 0 saturated heterocycles. The Kier molecular flexibility index (Phi) is 50.8. The van der Waals surface area contributed by atoms with Gasteiger partial charge in [0.05, 0.1) is 0 Å². The molecule has 0 amide bonds. The normalized spacial score (nSPS) is 12.1. The van der Waals surface area contributed by atoms with Gasteiger partial charge in [0.1, 0.15) is 13.2 Å². The Bertz CT molecular complexity index is 1020. The zero-order valence-corrected chi connectivity index (χ0v) is 42.4. The van der Waals surface area contributed by atoms with Crippen LogP contribution in [-0.4, -0.2) is 37.2 Å². The van der Waals surface area contributed by atoms with Crippen LogP contribution in [0.1, 0.15) is 303 Å². The molecule has 0 heterocycles. The van der Waals surface area contributed by atoms with Crippen LogP contribution in [0.4, 0.5) is 0 Å². The fourth-order valence-electron chi connectivity index (χ4n) is 8.20. The van der Waals surface area contributed by atoms with E-state index >= 15 is 0 Å². The van der Waals surface area contributed by atoms with E-state index in [0.717, 1.165) is 70.6 Å². The number of allylic oxidation sites excluding steroid dienone is 4. The lowest BCUT2D eigenvalue weighted by atomic mass is 10.0. The summed E-state index contributed by atoms with van der Waals surface area (Å²) in [7, 11) is 0. The van der Waals surface area contributed by atoms with Gasteiger partial charge in [-0.25, -0.2) is 0 Å². The molecule has 1 atom stereocenters. The highest BCUT2D eigenvalue weighted by Gasteiger charge is 2.19. The lowest BCUT2D eigenvalue weighted by molar-refractivity contribution is -0.167. The molecule has 1 unspecified atom stereocenters. The number of carbonyl (C=O) groups is 3. The molecule has 370 valence electrons. The van der Waals surface area contributed by atoms with E-state index in [1.807, 2.05) is 0 Å². The van der Waals surface area contributed by atoms with Gasteiger partial charge >= 0.3 is 17.9 Å². The van der Waals surface area contributed by atoms with Gasteiger partial charge in [-0.3, -0.25) is 14.4 Å². The third kappa shape index (κ3) is 50.7. The molecule has 0 radical (unpaired) electrons. The molecule has 63 heavy (non-hydrogen) atoms. The summed E-state index contributed by atoms with van der Waals surface area (Å²) in [5.41, 5.74) is 0. The fourth-order valence-corrected chi connectivity index (χ4v) is 8.20. The van der Waals surface area contributed by atoms with Crippen LogP contribution in [0.2, 0.25) is 0 Å². The molecule has 0 aliphatic carbocycles. The third-order valence-corrected chi connectivity index (χ3v) is 12.4. The second-order valence-electron chi connectivity index (χ2n) is 18.8. The zero-order valence-electron chi connectivity index (χ0n) is 42.4. The van der Waals surface area contributed by atoms with Crippen molar-refractivity contribution in [2.75, 3.05) is 13.2 Å². The van der Waals surface area contributed by atoms with Crippen molar-refractivity contribution in [3.05, 3.63) is 24.3 Å². The molecule has 0 aromatic heterocycles. The Labute approximate surface area is 392 Å². The topological polar surface area (TPSA) is 78.9 Å². The van der Waals surface area contributed by atoms with E-state index in [4.69, 9.17) is 14.2 Å². The predicted molar refractivity (Wildman–Crippen MR) is 270 cm³/mol. The number of carbonyl (C=O) groups excluding carboxylic acids is 3. The molecule has 0 bridgehead atoms. The van der Waals surface area contributed by atoms with E-state index in [1.165, 1.54) is 193 Å². The molecular formula is C57H106O6. The minimum absolute atomic E-state index is 0.0747. The van der Waals surface area contributed by atoms with Crippen molar-refractivity contribution in [1.82, 2.24) is 0 Å². The summed E-state index contributed by atoms with van der Waals surface area (Å²) in [6, 6.07) is 0. The standard InChI is InChI=1S/C57H106O6/c1-4-7-10-13-16-19-22-25-27-28-29-30-31-33-35-38-41-44-47-50-56(59)62-53-54(52-61-55(58)49-46-43-40-37-34-24-21-18-15-12-9-6-3)63-57(60)51-48-45-42-39-36-32-26-23-20-17-14-11-8-5-2/h28-29,32,36,54H,4-27,30-31,33-35,37-53H2,1-3H3/b29-28-,36-32-. The molecule has 0 fully saturated rings. The van der Waals surface area contributed by atoms with E-state index in [9.17, 15) is 14.4 Å². The van der Waals surface area contributed by atoms with Gasteiger partial charge in [0.2, 0.25) is 0 Å². The van der Waals surface area contributed by atoms with Crippen molar-refractivity contribution in [3.63, 3.8) is 0 Å². The van der Waals surface area contributed by atoms with Crippen LogP contribution in [0, 0.1) is 0 Å². The summed E-state index contributed by atoms with van der Waals surface area (Å²) >= 11 is 0. The van der Waals surface area contributed by atoms with Gasteiger partial charge in [0.25, 0.3) is 0 Å². The molecule has 0 saturated carbocycles. The van der Waals surface area contributed by atoms with E-state index in [1.54, 1.807) is 0 Å². The number of hydrogen-bond acceptors (Lipinski definition) is 6. The van der Waals surface area contributed by atoms with Crippen LogP contribution in [0.5, 0.6) is 0 Å². The first-order valence-electron chi connectivity index (χ1n) is 27.8. The van der Waals surface area contributed by atoms with Crippen molar-refractivity contribution in [3.8, 4) is 0 Å². The van der Waals surface area contributed by atoms with Gasteiger partial charge < -0.3 is 14.2 Å². The summed E-state index contributed by atoms with van der Waals surface area (Å²) in [6.45, 7) is 6.65. The molecule has 6 nitrogen and oxygen atoms in total. The van der Waals surface area contributed by atoms with Gasteiger partial charge in [-0.2, -0.15) is 0 Å². The van der Waals surface area contributed by atoms with E-state index in [0.29, 0.717) is 19.3 Å². The minimum Gasteiger partial charge on any atom is -0.462 e. The summed E-state index contributed by atoms with van der Waals surface area (Å²) in [4.78, 5) is 38.0. The van der Waals surface area contributed by atoms with Crippen molar-refractivity contribution in [1.29, 1.82) is 0 Å². The summed E-state index contributed by atoms with van der Waals surface area (Å²) in [5.74, 6) is -0.880. The average molecular weight is 887 g/mol. The summed E-state index contributed by atoms with van der Waals surface area (Å²) in [6.07, 6.45) is 60.2. The average Bonchev–Trinajstić information content (AvgIpc) is 3.28. The highest BCUT2D eigenvalue weighted by molar-refractivity contribution is 5.71. The Morgan fingerprint density at radius 3 is 0.810 bits per heavy atom. The number of ether oxygens (including phenoxy) is 3. The van der Waals surface area contributed by atoms with E-state index < -0.39 is 6.10 Å². The fraction of sp³-hybridized carbons (Fsp3) is 0.877. The molecule has 0 aliphatic rings. The molecule has 0 aliphatic heterocycles. The molecule has 0 rings (SSSR count). The monoisotopic (exact) mass is 887 g/mol. The SMILES string of the molecule is CCCCCCCCC/C=C\CCCCCC(=O)OC(COC(=O)CCCCCCCCC/C=C\CCCCCCCCCC)COC(=O)CCCCCCCCCCCCCC. The quantitative estimate of drug-likeness (QED) is 0.0262. The lowest BCUT2D eigenvalue weighted by Gasteiger charge is -2.18. The van der Waals surface area contributed by atoms with Crippen LogP contribution >= 0.6 is 0 Å². The third-order valence-electron chi connectivity index (χ3n) is 12.4. The highest BCUT2D eigenvalue weighted by Crippen LogP contribution is 2.16. The van der Waals surface area contributed by atoms with Crippen molar-refractivity contribution in [2.45, 2.75) is 309 Å². The Balaban J connectivity index is 4.32. The van der Waals surface area contributed by atoms with E-state index in [2.05, 4.69) is 45.1 Å². The molecule has 0 spiro atoms. The van der Waals surface area contributed by atoms with Gasteiger partial charge in [-0.1, -0.05) is 238 Å². The van der Waals surface area contributed by atoms with Gasteiger partial charge in [0.15, 0.2) is 6.10 Å². The lowest BCUT2D eigenvalue weighted by Crippen LogP contribution is -2.30. The van der Waals surface area contributed by atoms with Crippen LogP contribution in [0.15, 0.2) is 24.3 Å². The molecule has 0 N–H and O–H groups in total. The highest BCUT2D eigenvalue weighted by atomic mass is 16.6. The number of unbranched alkanes of at least 4 members (excludes halogenated alkanes) is 36. The molecule has 0 aromatic rings. The number of rotatable bonds is 51. The first kappa shape index (κ1) is 60.9. The van der Waals surface area contributed by atoms with Gasteiger partial charge in [-0.05, 0) is 70.6 Å².